The van der Waals surface area contributed by atoms with Crippen molar-refractivity contribution < 1.29 is 9.21 Å². The van der Waals surface area contributed by atoms with Gasteiger partial charge in [-0.15, -0.1) is 0 Å². The Labute approximate surface area is 160 Å². The quantitative estimate of drug-likeness (QED) is 0.539. The summed E-state index contributed by atoms with van der Waals surface area (Å²) in [7, 11) is 0. The van der Waals surface area contributed by atoms with Crippen LogP contribution in [-0.4, -0.2) is 38.3 Å². The summed E-state index contributed by atoms with van der Waals surface area (Å²) in [5, 5.41) is 0. The van der Waals surface area contributed by atoms with Gasteiger partial charge in [-0.2, -0.15) is 0 Å². The van der Waals surface area contributed by atoms with Gasteiger partial charge in [0.1, 0.15) is 16.7 Å². The summed E-state index contributed by atoms with van der Waals surface area (Å²) in [4.78, 5) is 36.1. The highest BCUT2D eigenvalue weighted by atomic mass is 16.3. The fourth-order valence-corrected chi connectivity index (χ4v) is 3.74. The van der Waals surface area contributed by atoms with Gasteiger partial charge < -0.3 is 9.32 Å². The molecular formula is C21H18N4O3. The lowest BCUT2D eigenvalue weighted by molar-refractivity contribution is 0.0704. The maximum absolute atomic E-state index is 12.9. The van der Waals surface area contributed by atoms with Crippen LogP contribution in [0.2, 0.25) is 0 Å². The molecule has 1 aromatic carbocycles. The highest BCUT2D eigenvalue weighted by molar-refractivity contribution is 5.93. The number of carbonyl (C=O) groups is 1. The molecule has 140 valence electrons. The Balaban J connectivity index is 1.34. The average Bonchev–Trinajstić information content (AvgIpc) is 3.18. The van der Waals surface area contributed by atoms with Gasteiger partial charge in [0.15, 0.2) is 11.5 Å². The van der Waals surface area contributed by atoms with E-state index in [0.717, 1.165) is 29.8 Å². The van der Waals surface area contributed by atoms with Gasteiger partial charge >= 0.3 is 0 Å². The fourth-order valence-electron chi connectivity index (χ4n) is 3.74. The Hall–Kier alpha value is -3.48. The Kier molecular flexibility index (Phi) is 3.93. The molecule has 7 heteroatoms. The molecule has 1 aliphatic heterocycles. The minimum absolute atomic E-state index is 0.101. The van der Waals surface area contributed by atoms with Crippen LogP contribution in [-0.2, 0) is 0 Å². The molecule has 7 nitrogen and oxygen atoms in total. The van der Waals surface area contributed by atoms with Crippen molar-refractivity contribution in [3.8, 4) is 0 Å². The lowest BCUT2D eigenvalue weighted by Gasteiger charge is -2.30. The Bertz CT molecular complexity index is 1200. The molecule has 0 unspecified atom stereocenters. The number of pyridine rings is 1. The molecule has 0 spiro atoms. The molecule has 3 aromatic heterocycles. The molecule has 0 saturated carbocycles. The molecule has 0 atom stereocenters. The van der Waals surface area contributed by atoms with E-state index in [1.165, 1.54) is 10.6 Å². The monoisotopic (exact) mass is 374 g/mol. The van der Waals surface area contributed by atoms with Gasteiger partial charge in [-0.25, -0.2) is 9.97 Å². The van der Waals surface area contributed by atoms with Gasteiger partial charge in [0.05, 0.1) is 0 Å². The number of fused-ring (bicyclic) bond motifs is 2. The van der Waals surface area contributed by atoms with Crippen LogP contribution in [0, 0.1) is 0 Å². The standard InChI is InChI=1S/C21H18N4O3/c26-20(15-13-22-18-7-3-4-10-25(18)21(15)27)24-11-8-14(9-12-24)19-23-16-5-1-2-6-17(16)28-19/h1-7,10,13-14H,8-9,11-12H2. The first-order chi connectivity index (χ1) is 13.7. The average molecular weight is 374 g/mol. The van der Waals surface area contributed by atoms with Gasteiger partial charge in [-0.1, -0.05) is 18.2 Å². The molecular weight excluding hydrogens is 356 g/mol. The second-order valence-corrected chi connectivity index (χ2v) is 6.99. The summed E-state index contributed by atoms with van der Waals surface area (Å²) >= 11 is 0. The van der Waals surface area contributed by atoms with Gasteiger partial charge in [-0.05, 0) is 37.1 Å². The molecule has 1 amide bonds. The van der Waals surface area contributed by atoms with E-state index >= 15 is 0 Å². The largest absolute Gasteiger partial charge is 0.440 e. The normalized spacial score (nSPS) is 15.4. The Morgan fingerprint density at radius 1 is 1.07 bits per heavy atom. The molecule has 0 N–H and O–H groups in total. The number of amides is 1. The summed E-state index contributed by atoms with van der Waals surface area (Å²) in [6.07, 6.45) is 4.51. The Morgan fingerprint density at radius 3 is 2.68 bits per heavy atom. The van der Waals surface area contributed by atoms with Crippen LogP contribution < -0.4 is 5.56 Å². The Morgan fingerprint density at radius 2 is 1.86 bits per heavy atom. The predicted molar refractivity (Wildman–Crippen MR) is 103 cm³/mol. The molecule has 5 rings (SSSR count). The van der Waals surface area contributed by atoms with Crippen LogP contribution in [0.1, 0.15) is 35.0 Å². The second-order valence-electron chi connectivity index (χ2n) is 6.99. The van der Waals surface area contributed by atoms with Crippen molar-refractivity contribution in [3.63, 3.8) is 0 Å². The third-order valence-corrected chi connectivity index (χ3v) is 5.29. The van der Waals surface area contributed by atoms with Crippen molar-refractivity contribution in [1.29, 1.82) is 0 Å². The van der Waals surface area contributed by atoms with Gasteiger partial charge in [0, 0.05) is 31.4 Å². The predicted octanol–water partition coefficient (Wildman–Crippen LogP) is 2.86. The number of hydrogen-bond acceptors (Lipinski definition) is 5. The molecule has 0 radical (unpaired) electrons. The molecule has 1 aliphatic rings. The number of piperidine rings is 1. The number of aromatic nitrogens is 3. The van der Waals surface area contributed by atoms with E-state index in [4.69, 9.17) is 4.42 Å². The van der Waals surface area contributed by atoms with Crippen molar-refractivity contribution in [2.45, 2.75) is 18.8 Å². The van der Waals surface area contributed by atoms with Crippen molar-refractivity contribution in [2.24, 2.45) is 0 Å². The first-order valence-corrected chi connectivity index (χ1v) is 9.32. The highest BCUT2D eigenvalue weighted by Gasteiger charge is 2.29. The topological polar surface area (TPSA) is 80.7 Å². The smallest absolute Gasteiger partial charge is 0.270 e. The van der Waals surface area contributed by atoms with Crippen LogP contribution in [0.4, 0.5) is 0 Å². The third kappa shape index (κ3) is 2.76. The molecule has 28 heavy (non-hydrogen) atoms. The van der Waals surface area contributed by atoms with Crippen molar-refractivity contribution >= 4 is 22.7 Å². The van der Waals surface area contributed by atoms with Crippen LogP contribution in [0.3, 0.4) is 0 Å². The minimum atomic E-state index is -0.336. The van der Waals surface area contributed by atoms with E-state index in [0.29, 0.717) is 18.7 Å². The number of nitrogens with zero attached hydrogens (tertiary/aromatic N) is 4. The first kappa shape index (κ1) is 16.7. The molecule has 0 aliphatic carbocycles. The van der Waals surface area contributed by atoms with Crippen LogP contribution >= 0.6 is 0 Å². The van der Waals surface area contributed by atoms with E-state index in [1.807, 2.05) is 24.3 Å². The maximum atomic E-state index is 12.9. The summed E-state index contributed by atoms with van der Waals surface area (Å²) in [5.41, 5.74) is 1.93. The van der Waals surface area contributed by atoms with E-state index in [9.17, 15) is 9.59 Å². The highest BCUT2D eigenvalue weighted by Crippen LogP contribution is 2.30. The number of carbonyl (C=O) groups excluding carboxylic acids is 1. The summed E-state index contributed by atoms with van der Waals surface area (Å²) < 4.78 is 7.28. The zero-order valence-corrected chi connectivity index (χ0v) is 15.1. The van der Waals surface area contributed by atoms with E-state index in [2.05, 4.69) is 9.97 Å². The summed E-state index contributed by atoms with van der Waals surface area (Å²) in [5.74, 6) is 0.625. The number of likely N-dealkylation sites (tertiary alicyclic amines) is 1. The lowest BCUT2D eigenvalue weighted by atomic mass is 9.96. The van der Waals surface area contributed by atoms with Crippen molar-refractivity contribution in [3.05, 3.63) is 76.7 Å². The van der Waals surface area contributed by atoms with E-state index in [-0.39, 0.29) is 22.9 Å². The number of para-hydroxylation sites is 2. The van der Waals surface area contributed by atoms with E-state index < -0.39 is 0 Å². The van der Waals surface area contributed by atoms with Crippen LogP contribution in [0.15, 0.2) is 64.1 Å². The van der Waals surface area contributed by atoms with Crippen LogP contribution in [0.25, 0.3) is 16.7 Å². The fraction of sp³-hybridized carbons (Fsp3) is 0.238. The first-order valence-electron chi connectivity index (χ1n) is 9.32. The minimum Gasteiger partial charge on any atom is -0.440 e. The lowest BCUT2D eigenvalue weighted by Crippen LogP contribution is -2.40. The van der Waals surface area contributed by atoms with Gasteiger partial charge in [0.25, 0.3) is 11.5 Å². The number of rotatable bonds is 2. The van der Waals surface area contributed by atoms with E-state index in [1.54, 1.807) is 29.3 Å². The number of oxazole rings is 1. The van der Waals surface area contributed by atoms with Crippen molar-refractivity contribution in [2.75, 3.05) is 13.1 Å². The second kappa shape index (κ2) is 6.60. The zero-order chi connectivity index (χ0) is 19.1. The maximum Gasteiger partial charge on any atom is 0.270 e. The number of hydrogen-bond donors (Lipinski definition) is 0. The number of benzene rings is 1. The molecule has 4 aromatic rings. The molecule has 4 heterocycles. The third-order valence-electron chi connectivity index (χ3n) is 5.29. The van der Waals surface area contributed by atoms with Gasteiger partial charge in [-0.3, -0.25) is 14.0 Å². The summed E-state index contributed by atoms with van der Waals surface area (Å²) in [6, 6.07) is 13.0. The summed E-state index contributed by atoms with van der Waals surface area (Å²) in [6.45, 7) is 1.11. The molecule has 1 fully saturated rings. The SMILES string of the molecule is O=C(c1cnc2ccccn2c1=O)N1CCC(c2nc3ccccc3o2)CC1. The molecule has 1 saturated heterocycles. The molecule has 0 bridgehead atoms. The zero-order valence-electron chi connectivity index (χ0n) is 15.1. The van der Waals surface area contributed by atoms with Crippen molar-refractivity contribution in [1.82, 2.24) is 19.3 Å². The van der Waals surface area contributed by atoms with Crippen LogP contribution in [0.5, 0.6) is 0 Å². The van der Waals surface area contributed by atoms with Gasteiger partial charge in [0.2, 0.25) is 0 Å².